The lowest BCUT2D eigenvalue weighted by Gasteiger charge is -2.07. The summed E-state index contributed by atoms with van der Waals surface area (Å²) in [6.07, 6.45) is 1.43. The zero-order valence-electron chi connectivity index (χ0n) is 12.1. The highest BCUT2D eigenvalue weighted by Gasteiger charge is 2.10. The van der Waals surface area contributed by atoms with Crippen molar-refractivity contribution in [3.63, 3.8) is 0 Å². The minimum Gasteiger partial charge on any atom is -0.507 e. The number of esters is 1. The molecule has 0 bridgehead atoms. The molecule has 0 unspecified atom stereocenters. The van der Waals surface area contributed by atoms with Gasteiger partial charge in [0.05, 0.1) is 17.7 Å². The van der Waals surface area contributed by atoms with Crippen molar-refractivity contribution in [2.24, 2.45) is 0 Å². The first-order valence-electron chi connectivity index (χ1n) is 6.87. The molecular weight excluding hydrogens is 284 g/mol. The SMILES string of the molecule is CCCOc1ccc(C(=O)Oc2ccc(C=O)c(O)c2)cc1. The quantitative estimate of drug-likeness (QED) is 0.504. The van der Waals surface area contributed by atoms with E-state index < -0.39 is 5.97 Å². The van der Waals surface area contributed by atoms with Crippen molar-refractivity contribution in [3.8, 4) is 17.2 Å². The van der Waals surface area contributed by atoms with Crippen molar-refractivity contribution in [3.05, 3.63) is 53.6 Å². The summed E-state index contributed by atoms with van der Waals surface area (Å²) in [4.78, 5) is 22.6. The van der Waals surface area contributed by atoms with Crippen LogP contribution < -0.4 is 9.47 Å². The third kappa shape index (κ3) is 3.85. The number of carbonyl (C=O) groups excluding carboxylic acids is 2. The first-order chi connectivity index (χ1) is 10.6. The molecule has 0 aliphatic heterocycles. The number of aldehydes is 1. The van der Waals surface area contributed by atoms with Crippen LogP contribution in [0.25, 0.3) is 0 Å². The number of benzene rings is 2. The molecule has 114 valence electrons. The van der Waals surface area contributed by atoms with Crippen molar-refractivity contribution in [1.29, 1.82) is 0 Å². The second kappa shape index (κ2) is 7.26. The van der Waals surface area contributed by atoms with E-state index in [1.54, 1.807) is 24.3 Å². The molecule has 0 amide bonds. The molecule has 0 atom stereocenters. The van der Waals surface area contributed by atoms with Gasteiger partial charge in [-0.2, -0.15) is 0 Å². The van der Waals surface area contributed by atoms with Crippen LogP contribution in [0.3, 0.4) is 0 Å². The number of rotatable bonds is 6. The molecule has 1 N–H and O–H groups in total. The normalized spacial score (nSPS) is 10.0. The van der Waals surface area contributed by atoms with Crippen LogP contribution in [0.1, 0.15) is 34.1 Å². The molecule has 0 heterocycles. The number of carbonyl (C=O) groups is 2. The van der Waals surface area contributed by atoms with E-state index in [4.69, 9.17) is 9.47 Å². The van der Waals surface area contributed by atoms with Crippen LogP contribution in [0.15, 0.2) is 42.5 Å². The van der Waals surface area contributed by atoms with Gasteiger partial charge in [-0.15, -0.1) is 0 Å². The van der Waals surface area contributed by atoms with Crippen molar-refractivity contribution in [2.45, 2.75) is 13.3 Å². The zero-order valence-corrected chi connectivity index (χ0v) is 12.1. The first kappa shape index (κ1) is 15.6. The fourth-order valence-corrected chi connectivity index (χ4v) is 1.76. The summed E-state index contributed by atoms with van der Waals surface area (Å²) in [7, 11) is 0. The number of ether oxygens (including phenoxy) is 2. The number of aromatic hydroxyl groups is 1. The Kier molecular flexibility index (Phi) is 5.14. The van der Waals surface area contributed by atoms with Crippen LogP contribution in [0.2, 0.25) is 0 Å². The molecule has 0 aliphatic rings. The average Bonchev–Trinajstić information content (AvgIpc) is 2.53. The molecule has 0 aliphatic carbocycles. The summed E-state index contributed by atoms with van der Waals surface area (Å²) in [6.45, 7) is 2.63. The van der Waals surface area contributed by atoms with Crippen molar-refractivity contribution < 1.29 is 24.2 Å². The van der Waals surface area contributed by atoms with Gasteiger partial charge in [0.15, 0.2) is 6.29 Å². The molecule has 2 rings (SSSR count). The van der Waals surface area contributed by atoms with Crippen LogP contribution in [0.4, 0.5) is 0 Å². The van der Waals surface area contributed by atoms with Gasteiger partial charge in [0, 0.05) is 6.07 Å². The number of phenolic OH excluding ortho intramolecular Hbond substituents is 1. The van der Waals surface area contributed by atoms with Gasteiger partial charge in [-0.05, 0) is 42.8 Å². The Morgan fingerprint density at radius 3 is 2.41 bits per heavy atom. The summed E-state index contributed by atoms with van der Waals surface area (Å²) in [5.74, 6) is 0.0645. The fourth-order valence-electron chi connectivity index (χ4n) is 1.76. The van der Waals surface area contributed by atoms with Gasteiger partial charge in [0.1, 0.15) is 17.2 Å². The molecule has 5 nitrogen and oxygen atoms in total. The van der Waals surface area contributed by atoms with Gasteiger partial charge in [0.25, 0.3) is 0 Å². The van der Waals surface area contributed by atoms with Gasteiger partial charge in [-0.1, -0.05) is 6.92 Å². The average molecular weight is 300 g/mol. The highest BCUT2D eigenvalue weighted by molar-refractivity contribution is 5.91. The van der Waals surface area contributed by atoms with E-state index in [-0.39, 0.29) is 17.1 Å². The molecule has 0 radical (unpaired) electrons. The highest BCUT2D eigenvalue weighted by Crippen LogP contribution is 2.23. The van der Waals surface area contributed by atoms with E-state index in [1.807, 2.05) is 6.92 Å². The molecule has 0 spiro atoms. The summed E-state index contributed by atoms with van der Waals surface area (Å²) in [6, 6.07) is 10.6. The molecule has 2 aromatic carbocycles. The highest BCUT2D eigenvalue weighted by atomic mass is 16.5. The van der Waals surface area contributed by atoms with E-state index in [1.165, 1.54) is 18.2 Å². The summed E-state index contributed by atoms with van der Waals surface area (Å²) >= 11 is 0. The maximum absolute atomic E-state index is 12.0. The second-order valence-corrected chi connectivity index (χ2v) is 4.60. The Labute approximate surface area is 128 Å². The van der Waals surface area contributed by atoms with Gasteiger partial charge < -0.3 is 14.6 Å². The predicted octanol–water partition coefficient (Wildman–Crippen LogP) is 3.21. The Bertz CT molecular complexity index is 661. The third-order valence-corrected chi connectivity index (χ3v) is 2.90. The molecule has 22 heavy (non-hydrogen) atoms. The zero-order chi connectivity index (χ0) is 15.9. The van der Waals surface area contributed by atoms with E-state index in [2.05, 4.69) is 0 Å². The summed E-state index contributed by atoms with van der Waals surface area (Å²) in [5.41, 5.74) is 0.500. The van der Waals surface area contributed by atoms with E-state index in [0.29, 0.717) is 24.2 Å². The molecule has 0 aromatic heterocycles. The predicted molar refractivity (Wildman–Crippen MR) is 80.7 cm³/mol. The maximum Gasteiger partial charge on any atom is 0.343 e. The first-order valence-corrected chi connectivity index (χ1v) is 6.87. The van der Waals surface area contributed by atoms with Crippen molar-refractivity contribution in [1.82, 2.24) is 0 Å². The maximum atomic E-state index is 12.0. The summed E-state index contributed by atoms with van der Waals surface area (Å²) < 4.78 is 10.6. The van der Waals surface area contributed by atoms with Gasteiger partial charge in [-0.25, -0.2) is 4.79 Å². The van der Waals surface area contributed by atoms with Gasteiger partial charge in [-0.3, -0.25) is 4.79 Å². The van der Waals surface area contributed by atoms with Gasteiger partial charge in [0.2, 0.25) is 0 Å². The van der Waals surface area contributed by atoms with Crippen LogP contribution in [-0.2, 0) is 0 Å². The van der Waals surface area contributed by atoms with Crippen LogP contribution in [0.5, 0.6) is 17.2 Å². The standard InChI is InChI=1S/C17H16O5/c1-2-9-21-14-6-3-12(4-7-14)17(20)22-15-8-5-13(11-18)16(19)10-15/h3-8,10-11,19H,2,9H2,1H3. The summed E-state index contributed by atoms with van der Waals surface area (Å²) in [5, 5.41) is 9.55. The van der Waals surface area contributed by atoms with Crippen LogP contribution in [-0.4, -0.2) is 24.0 Å². The third-order valence-electron chi connectivity index (χ3n) is 2.90. The molecule has 0 fully saturated rings. The Morgan fingerprint density at radius 2 is 1.82 bits per heavy atom. The van der Waals surface area contributed by atoms with E-state index >= 15 is 0 Å². The Morgan fingerprint density at radius 1 is 1.14 bits per heavy atom. The Hall–Kier alpha value is -2.82. The van der Waals surface area contributed by atoms with E-state index in [9.17, 15) is 14.7 Å². The molecule has 0 saturated carbocycles. The molecule has 0 saturated heterocycles. The smallest absolute Gasteiger partial charge is 0.343 e. The number of hydrogen-bond donors (Lipinski definition) is 1. The molecule has 5 heteroatoms. The minimum atomic E-state index is -0.555. The fraction of sp³-hybridized carbons (Fsp3) is 0.176. The van der Waals surface area contributed by atoms with Crippen molar-refractivity contribution >= 4 is 12.3 Å². The van der Waals surface area contributed by atoms with Gasteiger partial charge >= 0.3 is 5.97 Å². The largest absolute Gasteiger partial charge is 0.507 e. The topological polar surface area (TPSA) is 72.8 Å². The minimum absolute atomic E-state index is 0.136. The second-order valence-electron chi connectivity index (χ2n) is 4.60. The van der Waals surface area contributed by atoms with Crippen molar-refractivity contribution in [2.75, 3.05) is 6.61 Å². The number of hydrogen-bond acceptors (Lipinski definition) is 5. The molecular formula is C17H16O5. The van der Waals surface area contributed by atoms with Crippen LogP contribution >= 0.6 is 0 Å². The lowest BCUT2D eigenvalue weighted by molar-refractivity contribution is 0.0734. The number of phenols is 1. The van der Waals surface area contributed by atoms with E-state index in [0.717, 1.165) is 6.42 Å². The lowest BCUT2D eigenvalue weighted by atomic mass is 10.2. The van der Waals surface area contributed by atoms with Crippen LogP contribution in [0, 0.1) is 0 Å². The lowest BCUT2D eigenvalue weighted by Crippen LogP contribution is -2.08. The monoisotopic (exact) mass is 300 g/mol. The Balaban J connectivity index is 2.05. The molecule has 2 aromatic rings.